The molecule has 1 fully saturated rings. The lowest BCUT2D eigenvalue weighted by molar-refractivity contribution is -0.141. The van der Waals surface area contributed by atoms with Crippen LogP contribution in [0.5, 0.6) is 0 Å². The van der Waals surface area contributed by atoms with Gasteiger partial charge in [0, 0.05) is 39.6 Å². The molecular weight excluding hydrogens is 294 g/mol. The molecule has 0 bridgehead atoms. The van der Waals surface area contributed by atoms with E-state index in [0.717, 1.165) is 17.5 Å². The van der Waals surface area contributed by atoms with Gasteiger partial charge in [-0.2, -0.15) is 0 Å². The van der Waals surface area contributed by atoms with Crippen LogP contribution in [-0.4, -0.2) is 65.6 Å². The first kappa shape index (κ1) is 17.0. The lowest BCUT2D eigenvalue weighted by Gasteiger charge is -2.34. The normalized spacial score (nSPS) is 14.5. The fraction of sp³-hybridized carbons (Fsp3) is 0.471. The topological polar surface area (TPSA) is 60.9 Å². The second kappa shape index (κ2) is 7.76. The Hall–Kier alpha value is -2.37. The molecule has 1 saturated heterocycles. The first-order valence-electron chi connectivity index (χ1n) is 7.78. The summed E-state index contributed by atoms with van der Waals surface area (Å²) >= 11 is 0. The molecule has 124 valence electrons. The summed E-state index contributed by atoms with van der Waals surface area (Å²) in [5.41, 5.74) is 2.14. The van der Waals surface area contributed by atoms with E-state index in [1.165, 1.54) is 6.92 Å². The fourth-order valence-electron chi connectivity index (χ4n) is 2.65. The van der Waals surface area contributed by atoms with Crippen molar-refractivity contribution in [2.45, 2.75) is 20.4 Å². The summed E-state index contributed by atoms with van der Waals surface area (Å²) in [6.07, 6.45) is 0.807. The van der Waals surface area contributed by atoms with Crippen LogP contribution in [-0.2, 0) is 20.9 Å². The van der Waals surface area contributed by atoms with Gasteiger partial charge in [0.2, 0.25) is 18.2 Å². The number of amides is 3. The number of nitrogens with zero attached hydrogens (tertiary/aromatic N) is 3. The quantitative estimate of drug-likeness (QED) is 0.749. The zero-order valence-electron chi connectivity index (χ0n) is 13.7. The molecular formula is C17H23N3O3. The minimum absolute atomic E-state index is 0.0709. The third-order valence-electron chi connectivity index (χ3n) is 4.04. The van der Waals surface area contributed by atoms with Crippen LogP contribution in [0.2, 0.25) is 0 Å². The molecule has 1 aromatic carbocycles. The molecule has 1 heterocycles. The third kappa shape index (κ3) is 4.81. The molecule has 3 amide bonds. The van der Waals surface area contributed by atoms with Gasteiger partial charge in [-0.15, -0.1) is 0 Å². The van der Waals surface area contributed by atoms with Gasteiger partial charge in [0.15, 0.2) is 0 Å². The molecule has 0 unspecified atom stereocenters. The molecule has 0 atom stereocenters. The summed E-state index contributed by atoms with van der Waals surface area (Å²) in [4.78, 5) is 39.9. The molecule has 0 aromatic heterocycles. The summed E-state index contributed by atoms with van der Waals surface area (Å²) in [5, 5.41) is 0. The van der Waals surface area contributed by atoms with Gasteiger partial charge in [0.25, 0.3) is 0 Å². The molecule has 1 aromatic rings. The van der Waals surface area contributed by atoms with Crippen molar-refractivity contribution in [2.24, 2.45) is 0 Å². The van der Waals surface area contributed by atoms with Crippen molar-refractivity contribution in [3.05, 3.63) is 35.4 Å². The van der Waals surface area contributed by atoms with Crippen LogP contribution in [0, 0.1) is 6.92 Å². The van der Waals surface area contributed by atoms with E-state index in [-0.39, 0.29) is 18.4 Å². The molecule has 0 radical (unpaired) electrons. The average molecular weight is 317 g/mol. The number of carbonyl (C=O) groups excluding carboxylic acids is 3. The smallest absolute Gasteiger partial charge is 0.242 e. The van der Waals surface area contributed by atoms with Gasteiger partial charge in [-0.25, -0.2) is 0 Å². The molecule has 1 aliphatic heterocycles. The zero-order chi connectivity index (χ0) is 16.8. The number of piperazine rings is 1. The van der Waals surface area contributed by atoms with Crippen molar-refractivity contribution in [3.8, 4) is 0 Å². The van der Waals surface area contributed by atoms with E-state index in [9.17, 15) is 14.4 Å². The van der Waals surface area contributed by atoms with Crippen molar-refractivity contribution >= 4 is 18.2 Å². The Kier molecular flexibility index (Phi) is 5.73. The summed E-state index contributed by atoms with van der Waals surface area (Å²) in [6, 6.07) is 7.92. The molecule has 0 saturated carbocycles. The van der Waals surface area contributed by atoms with Gasteiger partial charge in [0.05, 0.1) is 0 Å². The maximum atomic E-state index is 12.4. The highest BCUT2D eigenvalue weighted by molar-refractivity contribution is 5.84. The Balaban J connectivity index is 1.95. The van der Waals surface area contributed by atoms with Crippen LogP contribution >= 0.6 is 0 Å². The lowest BCUT2D eigenvalue weighted by atomic mass is 10.1. The van der Waals surface area contributed by atoms with Gasteiger partial charge in [-0.05, 0) is 12.5 Å². The molecule has 0 N–H and O–H groups in total. The van der Waals surface area contributed by atoms with Gasteiger partial charge < -0.3 is 14.7 Å². The standard InChI is InChI=1S/C17H23N3O3/c1-14-4-3-5-16(10-14)11-20(15(2)22)12-17(23)19-8-6-18(13-21)7-9-19/h3-5,10,13H,6-9,11-12H2,1-2H3. The zero-order valence-corrected chi connectivity index (χ0v) is 13.7. The highest BCUT2D eigenvalue weighted by Crippen LogP contribution is 2.09. The van der Waals surface area contributed by atoms with Crippen LogP contribution in [0.25, 0.3) is 0 Å². The van der Waals surface area contributed by atoms with E-state index in [4.69, 9.17) is 0 Å². The van der Waals surface area contributed by atoms with E-state index < -0.39 is 0 Å². The molecule has 23 heavy (non-hydrogen) atoms. The average Bonchev–Trinajstić information content (AvgIpc) is 2.54. The minimum Gasteiger partial charge on any atom is -0.342 e. The number of hydrogen-bond acceptors (Lipinski definition) is 3. The number of carbonyl (C=O) groups is 3. The SMILES string of the molecule is CC(=O)N(CC(=O)N1CCN(C=O)CC1)Cc1cccc(C)c1. The number of hydrogen-bond donors (Lipinski definition) is 0. The van der Waals surface area contributed by atoms with E-state index in [0.29, 0.717) is 32.7 Å². The van der Waals surface area contributed by atoms with Crippen molar-refractivity contribution in [1.29, 1.82) is 0 Å². The predicted octanol–water partition coefficient (Wildman–Crippen LogP) is 0.644. The molecule has 0 spiro atoms. The second-order valence-corrected chi connectivity index (χ2v) is 5.89. The maximum Gasteiger partial charge on any atom is 0.242 e. The Morgan fingerprint density at radius 1 is 1.22 bits per heavy atom. The lowest BCUT2D eigenvalue weighted by Crippen LogP contribution is -2.51. The van der Waals surface area contributed by atoms with Crippen molar-refractivity contribution in [1.82, 2.24) is 14.7 Å². The van der Waals surface area contributed by atoms with Crippen LogP contribution in [0.3, 0.4) is 0 Å². The number of benzene rings is 1. The highest BCUT2D eigenvalue weighted by atomic mass is 16.2. The predicted molar refractivity (Wildman–Crippen MR) is 86.5 cm³/mol. The minimum atomic E-state index is -0.119. The Bertz CT molecular complexity index is 580. The molecule has 2 rings (SSSR count). The fourth-order valence-corrected chi connectivity index (χ4v) is 2.65. The molecule has 6 heteroatoms. The van der Waals surface area contributed by atoms with Crippen LogP contribution in [0.1, 0.15) is 18.1 Å². The number of rotatable bonds is 5. The van der Waals surface area contributed by atoms with Crippen molar-refractivity contribution in [3.63, 3.8) is 0 Å². The summed E-state index contributed by atoms with van der Waals surface area (Å²) in [5.74, 6) is -0.190. The van der Waals surface area contributed by atoms with Gasteiger partial charge in [-0.3, -0.25) is 14.4 Å². The van der Waals surface area contributed by atoms with Gasteiger partial charge in [-0.1, -0.05) is 29.8 Å². The largest absolute Gasteiger partial charge is 0.342 e. The molecule has 0 aliphatic carbocycles. The Morgan fingerprint density at radius 2 is 1.91 bits per heavy atom. The molecule has 1 aliphatic rings. The van der Waals surface area contributed by atoms with Crippen LogP contribution in [0.4, 0.5) is 0 Å². The van der Waals surface area contributed by atoms with Crippen LogP contribution < -0.4 is 0 Å². The first-order valence-corrected chi connectivity index (χ1v) is 7.78. The monoisotopic (exact) mass is 317 g/mol. The maximum absolute atomic E-state index is 12.4. The second-order valence-electron chi connectivity index (χ2n) is 5.89. The van der Waals surface area contributed by atoms with E-state index >= 15 is 0 Å². The summed E-state index contributed by atoms with van der Waals surface area (Å²) in [6.45, 7) is 6.12. The van der Waals surface area contributed by atoms with Crippen LogP contribution in [0.15, 0.2) is 24.3 Å². The molecule has 6 nitrogen and oxygen atoms in total. The van der Waals surface area contributed by atoms with Gasteiger partial charge in [0.1, 0.15) is 6.54 Å². The van der Waals surface area contributed by atoms with E-state index in [2.05, 4.69) is 0 Å². The van der Waals surface area contributed by atoms with Crippen molar-refractivity contribution in [2.75, 3.05) is 32.7 Å². The van der Waals surface area contributed by atoms with Crippen molar-refractivity contribution < 1.29 is 14.4 Å². The first-order chi connectivity index (χ1) is 11.0. The number of aryl methyl sites for hydroxylation is 1. The summed E-state index contributed by atoms with van der Waals surface area (Å²) in [7, 11) is 0. The summed E-state index contributed by atoms with van der Waals surface area (Å²) < 4.78 is 0. The Morgan fingerprint density at radius 3 is 2.48 bits per heavy atom. The Labute approximate surface area is 136 Å². The van der Waals surface area contributed by atoms with E-state index in [1.54, 1.807) is 14.7 Å². The third-order valence-corrected chi connectivity index (χ3v) is 4.04. The highest BCUT2D eigenvalue weighted by Gasteiger charge is 2.23. The van der Waals surface area contributed by atoms with Gasteiger partial charge >= 0.3 is 0 Å². The van der Waals surface area contributed by atoms with E-state index in [1.807, 2.05) is 31.2 Å².